The first-order valence-corrected chi connectivity index (χ1v) is 5.14. The maximum Gasteiger partial charge on any atom is 0.161 e. The number of phenolic OH excluding ortho intramolecular Hbond substituents is 1. The average molecular weight is 238 g/mol. The molecule has 0 atom stereocenters. The van der Waals surface area contributed by atoms with Crippen molar-refractivity contribution < 1.29 is 9.84 Å². The molecule has 0 aliphatic heterocycles. The Hall–Kier alpha value is -1.60. The molecule has 5 N–H and O–H groups in total. The minimum Gasteiger partial charge on any atom is -0.504 e. The van der Waals surface area contributed by atoms with Crippen LogP contribution >= 0.6 is 0 Å². The Bertz CT molecular complexity index is 380. The summed E-state index contributed by atoms with van der Waals surface area (Å²) < 4.78 is 5.01. The molecule has 94 valence electrons. The van der Waals surface area contributed by atoms with E-state index in [1.165, 1.54) is 12.2 Å². The fraction of sp³-hybridized carbons (Fsp3) is 0.273. The van der Waals surface area contributed by atoms with Crippen molar-refractivity contribution in [3.63, 3.8) is 0 Å². The van der Waals surface area contributed by atoms with Gasteiger partial charge in [0.25, 0.3) is 0 Å². The van der Waals surface area contributed by atoms with E-state index in [1.54, 1.807) is 25.2 Å². The molecule has 6 heteroatoms. The van der Waals surface area contributed by atoms with Crippen LogP contribution in [0.1, 0.15) is 5.56 Å². The van der Waals surface area contributed by atoms with Gasteiger partial charge in [0.2, 0.25) is 0 Å². The van der Waals surface area contributed by atoms with Crippen molar-refractivity contribution in [2.24, 2.45) is 5.84 Å². The highest BCUT2D eigenvalue weighted by Crippen LogP contribution is 2.26. The molecular formula is C11H18N4O2. The van der Waals surface area contributed by atoms with Crippen LogP contribution in [0.25, 0.3) is 6.08 Å². The third kappa shape index (κ3) is 4.83. The summed E-state index contributed by atoms with van der Waals surface area (Å²) in [6, 6.07) is 5.16. The zero-order valence-corrected chi connectivity index (χ0v) is 9.97. The number of phenols is 1. The number of nitrogens with two attached hydrogens (primary N) is 1. The van der Waals surface area contributed by atoms with Gasteiger partial charge in [0, 0.05) is 13.6 Å². The van der Waals surface area contributed by atoms with Crippen molar-refractivity contribution in [1.82, 2.24) is 16.1 Å². The topological polar surface area (TPSA) is 82.8 Å². The first-order valence-electron chi connectivity index (χ1n) is 5.14. The van der Waals surface area contributed by atoms with Crippen LogP contribution in [0.15, 0.2) is 24.3 Å². The number of nitrogens with one attached hydrogen (secondary N) is 2. The molecular weight excluding hydrogens is 220 g/mol. The maximum absolute atomic E-state index is 9.41. The minimum absolute atomic E-state index is 0.134. The molecule has 1 aromatic rings. The molecule has 0 fully saturated rings. The highest BCUT2D eigenvalue weighted by molar-refractivity contribution is 5.55. The minimum atomic E-state index is 0.134. The van der Waals surface area contributed by atoms with Gasteiger partial charge >= 0.3 is 0 Å². The van der Waals surface area contributed by atoms with Crippen molar-refractivity contribution in [1.29, 1.82) is 0 Å². The molecule has 0 amide bonds. The van der Waals surface area contributed by atoms with Crippen molar-refractivity contribution in [2.75, 3.05) is 20.7 Å². The van der Waals surface area contributed by atoms with E-state index in [9.17, 15) is 5.11 Å². The fourth-order valence-electron chi connectivity index (χ4n) is 1.22. The predicted octanol–water partition coefficient (Wildman–Crippen LogP) is 0.229. The highest BCUT2D eigenvalue weighted by atomic mass is 16.5. The average Bonchev–Trinajstić information content (AvgIpc) is 2.30. The molecule has 1 aromatic carbocycles. The molecule has 17 heavy (non-hydrogen) atoms. The summed E-state index contributed by atoms with van der Waals surface area (Å²) in [6.45, 7) is 0.616. The third-order valence-corrected chi connectivity index (χ3v) is 1.99. The Kier molecular flexibility index (Phi) is 5.44. The number of ether oxygens (including phenoxy) is 1. The van der Waals surface area contributed by atoms with Crippen molar-refractivity contribution >= 4 is 6.08 Å². The Morgan fingerprint density at radius 2 is 2.29 bits per heavy atom. The van der Waals surface area contributed by atoms with E-state index >= 15 is 0 Å². The second-order valence-corrected chi connectivity index (χ2v) is 3.44. The first kappa shape index (κ1) is 13.5. The molecule has 0 spiro atoms. The SMILES string of the molecule is COc1cc(C=CCNNN(C)N)ccc1O. The van der Waals surface area contributed by atoms with E-state index in [2.05, 4.69) is 11.0 Å². The van der Waals surface area contributed by atoms with Crippen LogP contribution in [0.5, 0.6) is 11.5 Å². The zero-order valence-electron chi connectivity index (χ0n) is 9.97. The largest absolute Gasteiger partial charge is 0.504 e. The Morgan fingerprint density at radius 1 is 1.53 bits per heavy atom. The van der Waals surface area contributed by atoms with Crippen molar-refractivity contribution in [3.8, 4) is 11.5 Å². The molecule has 0 saturated heterocycles. The van der Waals surface area contributed by atoms with E-state index < -0.39 is 0 Å². The lowest BCUT2D eigenvalue weighted by Crippen LogP contribution is -2.48. The first-order chi connectivity index (χ1) is 8.13. The van der Waals surface area contributed by atoms with Crippen LogP contribution in [0, 0.1) is 0 Å². The van der Waals surface area contributed by atoms with E-state index in [0.717, 1.165) is 5.56 Å². The molecule has 0 aliphatic rings. The highest BCUT2D eigenvalue weighted by Gasteiger charge is 1.99. The third-order valence-electron chi connectivity index (χ3n) is 1.99. The summed E-state index contributed by atoms with van der Waals surface area (Å²) in [5.74, 6) is 5.92. The number of hydrogen-bond donors (Lipinski definition) is 4. The molecule has 0 unspecified atom stereocenters. The molecule has 0 aromatic heterocycles. The lowest BCUT2D eigenvalue weighted by atomic mass is 10.2. The van der Waals surface area contributed by atoms with Crippen LogP contribution in [-0.4, -0.2) is 30.9 Å². The number of benzene rings is 1. The lowest BCUT2D eigenvalue weighted by Gasteiger charge is -2.10. The van der Waals surface area contributed by atoms with Crippen molar-refractivity contribution in [2.45, 2.75) is 0 Å². The standard InChI is InChI=1S/C11H18N4O2/c1-15(12)14-13-7-3-4-9-5-6-10(16)11(8-9)17-2/h3-6,8,13-14,16H,7,12H2,1-2H3. The quantitative estimate of drug-likeness (QED) is 0.322. The second kappa shape index (κ2) is 6.87. The number of aromatic hydroxyl groups is 1. The normalized spacial score (nSPS) is 11.3. The summed E-state index contributed by atoms with van der Waals surface area (Å²) in [5.41, 5.74) is 6.53. The molecule has 0 saturated carbocycles. The van der Waals surface area contributed by atoms with Gasteiger partial charge in [-0.2, -0.15) is 10.7 Å². The summed E-state index contributed by atoms with van der Waals surface area (Å²) in [5, 5.41) is 10.7. The molecule has 0 bridgehead atoms. The van der Waals surface area contributed by atoms with Crippen LogP contribution in [0.4, 0.5) is 0 Å². The van der Waals surface area contributed by atoms with E-state index in [0.29, 0.717) is 12.3 Å². The fourth-order valence-corrected chi connectivity index (χ4v) is 1.22. The molecule has 0 aliphatic carbocycles. The summed E-state index contributed by atoms with van der Waals surface area (Å²) in [4.78, 5) is 0. The smallest absolute Gasteiger partial charge is 0.161 e. The predicted molar refractivity (Wildman–Crippen MR) is 66.8 cm³/mol. The Morgan fingerprint density at radius 3 is 2.94 bits per heavy atom. The number of hydrogen-bond acceptors (Lipinski definition) is 6. The van der Waals surface area contributed by atoms with Crippen LogP contribution < -0.4 is 21.5 Å². The molecule has 1 rings (SSSR count). The number of nitrogens with zero attached hydrogens (tertiary/aromatic N) is 1. The lowest BCUT2D eigenvalue weighted by molar-refractivity contribution is 0.202. The summed E-state index contributed by atoms with van der Waals surface area (Å²) in [7, 11) is 3.20. The van der Waals surface area contributed by atoms with Crippen LogP contribution in [0.2, 0.25) is 0 Å². The Labute approximate surface area is 101 Å². The van der Waals surface area contributed by atoms with E-state index in [-0.39, 0.29) is 5.75 Å². The second-order valence-electron chi connectivity index (χ2n) is 3.44. The van der Waals surface area contributed by atoms with Gasteiger partial charge < -0.3 is 9.84 Å². The van der Waals surface area contributed by atoms with Gasteiger partial charge in [0.05, 0.1) is 7.11 Å². The van der Waals surface area contributed by atoms with Gasteiger partial charge in [0.1, 0.15) is 0 Å². The van der Waals surface area contributed by atoms with Gasteiger partial charge in [-0.15, -0.1) is 0 Å². The number of hydrazine groups is 3. The van der Waals surface area contributed by atoms with Gasteiger partial charge in [-0.3, -0.25) is 5.84 Å². The van der Waals surface area contributed by atoms with Gasteiger partial charge in [-0.1, -0.05) is 18.2 Å². The van der Waals surface area contributed by atoms with Crippen LogP contribution in [0.3, 0.4) is 0 Å². The van der Waals surface area contributed by atoms with Gasteiger partial charge in [-0.05, 0) is 17.7 Å². The summed E-state index contributed by atoms with van der Waals surface area (Å²) in [6.07, 6.45) is 3.83. The maximum atomic E-state index is 9.41. The Balaban J connectivity index is 2.48. The number of methoxy groups -OCH3 is 1. The van der Waals surface area contributed by atoms with E-state index in [1.807, 2.05) is 12.2 Å². The van der Waals surface area contributed by atoms with Gasteiger partial charge in [-0.25, -0.2) is 5.43 Å². The molecule has 6 nitrogen and oxygen atoms in total. The van der Waals surface area contributed by atoms with Crippen molar-refractivity contribution in [3.05, 3.63) is 29.8 Å². The van der Waals surface area contributed by atoms with Crippen LogP contribution in [-0.2, 0) is 0 Å². The zero-order chi connectivity index (χ0) is 12.7. The van der Waals surface area contributed by atoms with E-state index in [4.69, 9.17) is 10.6 Å². The molecule has 0 radical (unpaired) electrons. The number of rotatable bonds is 6. The van der Waals surface area contributed by atoms with Gasteiger partial charge in [0.15, 0.2) is 11.5 Å². The molecule has 0 heterocycles. The summed E-state index contributed by atoms with van der Waals surface area (Å²) >= 11 is 0. The monoisotopic (exact) mass is 238 g/mol.